The van der Waals surface area contributed by atoms with Gasteiger partial charge in [0.2, 0.25) is 5.91 Å². The molecular formula is C22H26BN7O5. The summed E-state index contributed by atoms with van der Waals surface area (Å²) in [5, 5.41) is 29.9. The summed E-state index contributed by atoms with van der Waals surface area (Å²) in [4.78, 5) is 34.4. The van der Waals surface area contributed by atoms with Crippen molar-refractivity contribution in [3.63, 3.8) is 0 Å². The summed E-state index contributed by atoms with van der Waals surface area (Å²) in [6.07, 6.45) is 4.61. The minimum absolute atomic E-state index is 0.0982. The third-order valence-corrected chi connectivity index (χ3v) is 5.51. The molecule has 1 saturated heterocycles. The van der Waals surface area contributed by atoms with Crippen LogP contribution in [0, 0.1) is 0 Å². The maximum Gasteiger partial charge on any atom is 0.478 e. The Labute approximate surface area is 202 Å². The second-order valence-corrected chi connectivity index (χ2v) is 8.30. The number of aliphatic carboxylic acids is 1. The zero-order valence-corrected chi connectivity index (χ0v) is 19.0. The molecule has 0 aliphatic carbocycles. The van der Waals surface area contributed by atoms with Crippen molar-refractivity contribution in [3.05, 3.63) is 72.1 Å². The highest BCUT2D eigenvalue weighted by atomic mass is 16.5. The zero-order valence-electron chi connectivity index (χ0n) is 19.0. The number of carboxylic acid groups (broad SMARTS) is 1. The van der Waals surface area contributed by atoms with Crippen LogP contribution in [0.5, 0.6) is 0 Å². The number of carbonyl (C=O) groups is 2. The molecule has 0 aromatic carbocycles. The lowest BCUT2D eigenvalue weighted by Crippen LogP contribution is -2.54. The van der Waals surface area contributed by atoms with Gasteiger partial charge in [0.15, 0.2) is 0 Å². The summed E-state index contributed by atoms with van der Waals surface area (Å²) >= 11 is 0. The molecule has 35 heavy (non-hydrogen) atoms. The minimum Gasteiger partial charge on any atom is -0.479 e. The van der Waals surface area contributed by atoms with Crippen molar-refractivity contribution < 1.29 is 24.4 Å². The third kappa shape index (κ3) is 7.15. The van der Waals surface area contributed by atoms with Gasteiger partial charge in [-0.3, -0.25) is 19.7 Å². The Hall–Kier alpha value is -3.68. The quantitative estimate of drug-likeness (QED) is 0.339. The number of nitrogens with zero attached hydrogens (tertiary/aromatic N) is 6. The Morgan fingerprint density at radius 2 is 1.71 bits per heavy atom. The van der Waals surface area contributed by atoms with Crippen LogP contribution in [0.4, 0.5) is 0 Å². The average Bonchev–Trinajstić information content (AvgIpc) is 3.28. The SMILES string of the molecule is O=C(Cn1cc(CN(Cc2ccccn2)Cc2ccccn2)nn1)N[C@H]1CC[C@H](C(=O)O)OB1O. The predicted molar refractivity (Wildman–Crippen MR) is 123 cm³/mol. The first-order valence-electron chi connectivity index (χ1n) is 11.2. The summed E-state index contributed by atoms with van der Waals surface area (Å²) in [5.74, 6) is -2.21. The Balaban J connectivity index is 1.34. The van der Waals surface area contributed by atoms with E-state index < -0.39 is 25.1 Å². The average molecular weight is 479 g/mol. The molecule has 0 saturated carbocycles. The van der Waals surface area contributed by atoms with E-state index in [0.29, 0.717) is 31.7 Å². The first-order valence-corrected chi connectivity index (χ1v) is 11.2. The highest BCUT2D eigenvalue weighted by Gasteiger charge is 2.38. The van der Waals surface area contributed by atoms with Gasteiger partial charge in [-0.05, 0) is 37.1 Å². The van der Waals surface area contributed by atoms with Gasteiger partial charge in [0.05, 0.1) is 29.2 Å². The van der Waals surface area contributed by atoms with Gasteiger partial charge in [-0.25, -0.2) is 9.48 Å². The molecule has 1 amide bonds. The van der Waals surface area contributed by atoms with Crippen LogP contribution in [-0.4, -0.2) is 71.0 Å². The van der Waals surface area contributed by atoms with Crippen LogP contribution in [0.15, 0.2) is 55.0 Å². The standard InChI is InChI=1S/C22H26BN7O5/c31-21(26-20-8-7-19(22(32)33)35-23(20)34)15-30-14-18(27-28-30)13-29(11-16-5-1-3-9-24-16)12-17-6-2-4-10-25-17/h1-6,9-10,14,19-20,34H,7-8,11-13,15H2,(H,26,31)(H,32,33)/t19-,20+/m1/s1. The van der Waals surface area contributed by atoms with Crippen molar-refractivity contribution >= 4 is 19.0 Å². The fourth-order valence-corrected chi connectivity index (χ4v) is 3.86. The fourth-order valence-electron chi connectivity index (χ4n) is 3.86. The molecule has 1 aliphatic rings. The van der Waals surface area contributed by atoms with Crippen molar-refractivity contribution in [3.8, 4) is 0 Å². The molecule has 1 fully saturated rings. The van der Waals surface area contributed by atoms with Crippen molar-refractivity contribution in [2.24, 2.45) is 0 Å². The normalized spacial score (nSPS) is 17.9. The van der Waals surface area contributed by atoms with E-state index in [1.165, 1.54) is 4.68 Å². The van der Waals surface area contributed by atoms with Crippen molar-refractivity contribution in [1.82, 2.24) is 35.2 Å². The molecule has 3 aromatic rings. The van der Waals surface area contributed by atoms with Crippen molar-refractivity contribution in [2.75, 3.05) is 0 Å². The van der Waals surface area contributed by atoms with Gasteiger partial charge in [0.25, 0.3) is 0 Å². The van der Waals surface area contributed by atoms with E-state index in [2.05, 4.69) is 30.5 Å². The van der Waals surface area contributed by atoms with Gasteiger partial charge < -0.3 is 20.1 Å². The lowest BCUT2D eigenvalue weighted by atomic mass is 9.72. The Morgan fingerprint density at radius 1 is 1.06 bits per heavy atom. The molecule has 4 heterocycles. The van der Waals surface area contributed by atoms with E-state index in [1.807, 2.05) is 36.4 Å². The lowest BCUT2D eigenvalue weighted by molar-refractivity contribution is -0.147. The lowest BCUT2D eigenvalue weighted by Gasteiger charge is -2.29. The molecule has 182 valence electrons. The number of aromatic nitrogens is 5. The Bertz CT molecular complexity index is 1080. The molecule has 4 rings (SSSR count). The highest BCUT2D eigenvalue weighted by Crippen LogP contribution is 2.16. The van der Waals surface area contributed by atoms with E-state index in [1.54, 1.807) is 18.6 Å². The number of carboxylic acids is 1. The second-order valence-electron chi connectivity index (χ2n) is 8.30. The maximum absolute atomic E-state index is 12.4. The van der Waals surface area contributed by atoms with Gasteiger partial charge in [-0.15, -0.1) is 5.10 Å². The number of hydrogen-bond donors (Lipinski definition) is 3. The summed E-state index contributed by atoms with van der Waals surface area (Å²) < 4.78 is 6.46. The van der Waals surface area contributed by atoms with E-state index in [9.17, 15) is 14.6 Å². The number of carbonyl (C=O) groups excluding carboxylic acids is 1. The number of hydrogen-bond acceptors (Lipinski definition) is 9. The summed E-state index contributed by atoms with van der Waals surface area (Å²) in [6, 6.07) is 11.5. The van der Waals surface area contributed by atoms with Crippen LogP contribution in [0.1, 0.15) is 29.9 Å². The Kier molecular flexibility index (Phi) is 8.13. The topological polar surface area (TPSA) is 156 Å². The fraction of sp³-hybridized carbons (Fsp3) is 0.364. The molecular weight excluding hydrogens is 453 g/mol. The molecule has 0 spiro atoms. The van der Waals surface area contributed by atoms with Crippen LogP contribution in [-0.2, 0) is 40.4 Å². The van der Waals surface area contributed by atoms with E-state index in [4.69, 9.17) is 9.76 Å². The summed E-state index contributed by atoms with van der Waals surface area (Å²) in [7, 11) is -1.38. The molecule has 0 radical (unpaired) electrons. The van der Waals surface area contributed by atoms with Crippen LogP contribution in [0.2, 0.25) is 0 Å². The van der Waals surface area contributed by atoms with Gasteiger partial charge in [-0.2, -0.15) is 0 Å². The zero-order chi connectivity index (χ0) is 24.6. The van der Waals surface area contributed by atoms with Crippen LogP contribution in [0.3, 0.4) is 0 Å². The number of nitrogens with one attached hydrogen (secondary N) is 1. The van der Waals surface area contributed by atoms with Crippen LogP contribution < -0.4 is 5.32 Å². The molecule has 3 N–H and O–H groups in total. The van der Waals surface area contributed by atoms with Crippen LogP contribution >= 0.6 is 0 Å². The predicted octanol–water partition coefficient (Wildman–Crippen LogP) is 0.0386. The van der Waals surface area contributed by atoms with E-state index in [0.717, 1.165) is 11.4 Å². The number of rotatable bonds is 10. The van der Waals surface area contributed by atoms with Crippen LogP contribution in [0.25, 0.3) is 0 Å². The second kappa shape index (κ2) is 11.6. The van der Waals surface area contributed by atoms with Gasteiger partial charge >= 0.3 is 13.1 Å². The number of pyridine rings is 2. The van der Waals surface area contributed by atoms with Gasteiger partial charge in [-0.1, -0.05) is 17.3 Å². The molecule has 0 unspecified atom stereocenters. The molecule has 13 heteroatoms. The Morgan fingerprint density at radius 3 is 2.29 bits per heavy atom. The highest BCUT2D eigenvalue weighted by molar-refractivity contribution is 6.45. The van der Waals surface area contributed by atoms with Gasteiger partial charge in [0.1, 0.15) is 12.6 Å². The van der Waals surface area contributed by atoms with E-state index >= 15 is 0 Å². The number of amides is 1. The molecule has 2 atom stereocenters. The first kappa shape index (κ1) is 24.4. The van der Waals surface area contributed by atoms with Crippen molar-refractivity contribution in [1.29, 1.82) is 0 Å². The smallest absolute Gasteiger partial charge is 0.478 e. The molecule has 12 nitrogen and oxygen atoms in total. The van der Waals surface area contributed by atoms with E-state index in [-0.39, 0.29) is 18.9 Å². The summed E-state index contributed by atoms with van der Waals surface area (Å²) in [6.45, 7) is 1.54. The maximum atomic E-state index is 12.4. The molecule has 0 bridgehead atoms. The van der Waals surface area contributed by atoms with Crippen molar-refractivity contribution in [2.45, 2.75) is 51.1 Å². The molecule has 1 aliphatic heterocycles. The third-order valence-electron chi connectivity index (χ3n) is 5.51. The molecule has 3 aromatic heterocycles. The first-order chi connectivity index (χ1) is 17.0. The monoisotopic (exact) mass is 479 g/mol. The van der Waals surface area contributed by atoms with Gasteiger partial charge in [0, 0.05) is 32.0 Å². The minimum atomic E-state index is -1.38. The summed E-state index contributed by atoms with van der Waals surface area (Å²) in [5.41, 5.74) is 2.50. The largest absolute Gasteiger partial charge is 0.479 e.